The summed E-state index contributed by atoms with van der Waals surface area (Å²) in [4.78, 5) is 0. The van der Waals surface area contributed by atoms with E-state index in [9.17, 15) is 5.11 Å². The maximum atomic E-state index is 10.1. The van der Waals surface area contributed by atoms with Crippen LogP contribution in [0.25, 0.3) is 0 Å². The third-order valence-electron chi connectivity index (χ3n) is 2.70. The van der Waals surface area contributed by atoms with Crippen molar-refractivity contribution in [3.8, 4) is 0 Å². The molecular weight excluding hydrogens is 192 g/mol. The molecule has 0 aromatic heterocycles. The predicted molar refractivity (Wildman–Crippen MR) is 62.0 cm³/mol. The number of aliphatic hydroxyl groups excluding tert-OH is 1. The van der Waals surface area contributed by atoms with E-state index < -0.39 is 0 Å². The Kier molecular flexibility index (Phi) is 9.06. The van der Waals surface area contributed by atoms with Crippen molar-refractivity contribution >= 4 is 0 Å². The first-order valence-corrected chi connectivity index (χ1v) is 5.95. The summed E-state index contributed by atoms with van der Waals surface area (Å²) in [5.74, 6) is 0.230. The van der Waals surface area contributed by atoms with Gasteiger partial charge in [0.2, 0.25) is 0 Å². The van der Waals surface area contributed by atoms with Crippen molar-refractivity contribution in [1.82, 2.24) is 0 Å². The highest BCUT2D eigenvalue weighted by Crippen LogP contribution is 2.17. The van der Waals surface area contributed by atoms with Crippen molar-refractivity contribution in [2.75, 3.05) is 20.3 Å². The van der Waals surface area contributed by atoms with Crippen molar-refractivity contribution < 1.29 is 14.6 Å². The van der Waals surface area contributed by atoms with Crippen molar-refractivity contribution in [3.63, 3.8) is 0 Å². The minimum atomic E-state index is -0.375. The lowest BCUT2D eigenvalue weighted by molar-refractivity contribution is -0.0629. The van der Waals surface area contributed by atoms with E-state index >= 15 is 0 Å². The Balaban J connectivity index is 4.02. The van der Waals surface area contributed by atoms with Gasteiger partial charge in [-0.15, -0.1) is 0 Å². The van der Waals surface area contributed by atoms with Crippen LogP contribution in [0.2, 0.25) is 0 Å². The molecule has 0 saturated heterocycles. The van der Waals surface area contributed by atoms with Crippen LogP contribution in [0.5, 0.6) is 0 Å². The molecule has 15 heavy (non-hydrogen) atoms. The van der Waals surface area contributed by atoms with E-state index in [0.29, 0.717) is 13.2 Å². The Bertz CT molecular complexity index is 133. The monoisotopic (exact) mass is 218 g/mol. The molecule has 0 fully saturated rings. The maximum absolute atomic E-state index is 10.1. The van der Waals surface area contributed by atoms with Crippen LogP contribution in [-0.2, 0) is 9.47 Å². The van der Waals surface area contributed by atoms with E-state index in [0.717, 1.165) is 19.3 Å². The summed E-state index contributed by atoms with van der Waals surface area (Å²) in [6.07, 6.45) is 2.45. The van der Waals surface area contributed by atoms with Gasteiger partial charge in [-0.3, -0.25) is 0 Å². The standard InChI is InChI=1S/C12H26O3/c1-5-7-11(15-6-2)12(13)10(3)8-9-14-4/h10-13H,5-9H2,1-4H3. The second-order valence-corrected chi connectivity index (χ2v) is 4.03. The molecule has 0 aromatic rings. The van der Waals surface area contributed by atoms with Crippen LogP contribution in [0.15, 0.2) is 0 Å². The van der Waals surface area contributed by atoms with Gasteiger partial charge in [0.15, 0.2) is 0 Å². The summed E-state index contributed by atoms with van der Waals surface area (Å²) in [5.41, 5.74) is 0. The largest absolute Gasteiger partial charge is 0.390 e. The first kappa shape index (κ1) is 14.9. The lowest BCUT2D eigenvalue weighted by atomic mass is 9.94. The van der Waals surface area contributed by atoms with Crippen LogP contribution in [0.4, 0.5) is 0 Å². The molecule has 3 heteroatoms. The molecule has 0 spiro atoms. The summed E-state index contributed by atoms with van der Waals surface area (Å²) in [6.45, 7) is 7.49. The average molecular weight is 218 g/mol. The van der Waals surface area contributed by atoms with Crippen LogP contribution in [0.1, 0.15) is 40.0 Å². The van der Waals surface area contributed by atoms with Crippen molar-refractivity contribution in [2.24, 2.45) is 5.92 Å². The van der Waals surface area contributed by atoms with Crippen molar-refractivity contribution in [3.05, 3.63) is 0 Å². The lowest BCUT2D eigenvalue weighted by Crippen LogP contribution is -2.35. The van der Waals surface area contributed by atoms with E-state index in [1.807, 2.05) is 13.8 Å². The van der Waals surface area contributed by atoms with E-state index in [4.69, 9.17) is 9.47 Å². The normalized spacial score (nSPS) is 17.4. The molecule has 0 aromatic carbocycles. The summed E-state index contributed by atoms with van der Waals surface area (Å²) in [6, 6.07) is 0. The summed E-state index contributed by atoms with van der Waals surface area (Å²) in [7, 11) is 1.69. The van der Waals surface area contributed by atoms with Gasteiger partial charge in [0.1, 0.15) is 0 Å². The molecule has 0 heterocycles. The highest BCUT2D eigenvalue weighted by molar-refractivity contribution is 4.74. The number of methoxy groups -OCH3 is 1. The molecule has 0 bridgehead atoms. The zero-order valence-electron chi connectivity index (χ0n) is 10.5. The van der Waals surface area contributed by atoms with Crippen LogP contribution < -0.4 is 0 Å². The average Bonchev–Trinajstić information content (AvgIpc) is 2.24. The van der Waals surface area contributed by atoms with E-state index in [1.165, 1.54) is 0 Å². The first-order chi connectivity index (χ1) is 7.17. The molecule has 0 amide bonds. The highest BCUT2D eigenvalue weighted by atomic mass is 16.5. The number of hydrogen-bond acceptors (Lipinski definition) is 3. The minimum absolute atomic E-state index is 0.0214. The smallest absolute Gasteiger partial charge is 0.0836 e. The van der Waals surface area contributed by atoms with Crippen molar-refractivity contribution in [2.45, 2.75) is 52.2 Å². The van der Waals surface area contributed by atoms with Gasteiger partial charge in [-0.25, -0.2) is 0 Å². The van der Waals surface area contributed by atoms with Gasteiger partial charge in [0.05, 0.1) is 12.2 Å². The molecule has 1 N–H and O–H groups in total. The lowest BCUT2D eigenvalue weighted by Gasteiger charge is -2.27. The fraction of sp³-hybridized carbons (Fsp3) is 1.00. The van der Waals surface area contributed by atoms with Gasteiger partial charge in [-0.05, 0) is 25.7 Å². The molecule has 3 unspecified atom stereocenters. The Hall–Kier alpha value is -0.120. The summed E-state index contributed by atoms with van der Waals surface area (Å²) >= 11 is 0. The second-order valence-electron chi connectivity index (χ2n) is 4.03. The highest BCUT2D eigenvalue weighted by Gasteiger charge is 2.24. The zero-order chi connectivity index (χ0) is 11.7. The molecule has 0 rings (SSSR count). The van der Waals surface area contributed by atoms with Gasteiger partial charge < -0.3 is 14.6 Å². The van der Waals surface area contributed by atoms with Crippen LogP contribution >= 0.6 is 0 Å². The fourth-order valence-corrected chi connectivity index (χ4v) is 1.69. The van der Waals surface area contributed by atoms with Gasteiger partial charge in [-0.2, -0.15) is 0 Å². The topological polar surface area (TPSA) is 38.7 Å². The third-order valence-corrected chi connectivity index (χ3v) is 2.70. The van der Waals surface area contributed by atoms with Crippen LogP contribution in [0.3, 0.4) is 0 Å². The minimum Gasteiger partial charge on any atom is -0.390 e. The Morgan fingerprint density at radius 2 is 1.87 bits per heavy atom. The Labute approximate surface area is 93.8 Å². The molecular formula is C12H26O3. The van der Waals surface area contributed by atoms with Crippen LogP contribution in [0, 0.1) is 5.92 Å². The number of rotatable bonds is 9. The molecule has 0 radical (unpaired) electrons. The molecule has 3 nitrogen and oxygen atoms in total. The second kappa shape index (κ2) is 9.13. The number of ether oxygens (including phenoxy) is 2. The maximum Gasteiger partial charge on any atom is 0.0836 e. The molecule has 3 atom stereocenters. The molecule has 0 aliphatic heterocycles. The molecule has 0 aliphatic carbocycles. The Morgan fingerprint density at radius 3 is 2.33 bits per heavy atom. The van der Waals surface area contributed by atoms with Gasteiger partial charge in [-0.1, -0.05) is 20.3 Å². The molecule has 0 aliphatic rings. The number of hydrogen-bond donors (Lipinski definition) is 1. The van der Waals surface area contributed by atoms with Gasteiger partial charge in [0.25, 0.3) is 0 Å². The predicted octanol–water partition coefficient (Wildman–Crippen LogP) is 2.23. The van der Waals surface area contributed by atoms with Gasteiger partial charge >= 0.3 is 0 Å². The van der Waals surface area contributed by atoms with E-state index in [1.54, 1.807) is 7.11 Å². The SMILES string of the molecule is CCCC(OCC)C(O)C(C)CCOC. The number of aliphatic hydroxyl groups is 1. The quantitative estimate of drug-likeness (QED) is 0.645. The fourth-order valence-electron chi connectivity index (χ4n) is 1.69. The van der Waals surface area contributed by atoms with E-state index in [2.05, 4.69) is 6.92 Å². The van der Waals surface area contributed by atoms with Crippen molar-refractivity contribution in [1.29, 1.82) is 0 Å². The summed E-state index contributed by atoms with van der Waals surface area (Å²) in [5, 5.41) is 10.1. The van der Waals surface area contributed by atoms with Crippen LogP contribution in [-0.4, -0.2) is 37.6 Å². The molecule has 0 saturated carbocycles. The van der Waals surface area contributed by atoms with Gasteiger partial charge in [0, 0.05) is 20.3 Å². The zero-order valence-corrected chi connectivity index (χ0v) is 10.5. The first-order valence-electron chi connectivity index (χ1n) is 5.95. The third kappa shape index (κ3) is 6.13. The Morgan fingerprint density at radius 1 is 1.20 bits per heavy atom. The van der Waals surface area contributed by atoms with E-state index in [-0.39, 0.29) is 18.1 Å². The molecule has 92 valence electrons. The summed E-state index contributed by atoms with van der Waals surface area (Å²) < 4.78 is 10.6.